The summed E-state index contributed by atoms with van der Waals surface area (Å²) in [5.41, 5.74) is 0.605. The van der Waals surface area contributed by atoms with Crippen LogP contribution >= 0.6 is 0 Å². The minimum absolute atomic E-state index is 0.329. The largest absolute Gasteiger partial charge is 0.492 e. The van der Waals surface area contributed by atoms with Gasteiger partial charge in [0.05, 0.1) is 11.5 Å². The Balaban J connectivity index is 1.57. The highest BCUT2D eigenvalue weighted by Crippen LogP contribution is 2.32. The minimum Gasteiger partial charge on any atom is -0.492 e. The van der Waals surface area contributed by atoms with Crippen molar-refractivity contribution in [1.29, 1.82) is 0 Å². The maximum absolute atomic E-state index is 13.4. The molecule has 0 bridgehead atoms. The molecule has 2 saturated heterocycles. The lowest BCUT2D eigenvalue weighted by atomic mass is 10.0. The number of ether oxygens (including phenoxy) is 1. The summed E-state index contributed by atoms with van der Waals surface area (Å²) >= 11 is 0. The third-order valence-corrected chi connectivity index (χ3v) is 7.90. The van der Waals surface area contributed by atoms with Gasteiger partial charge in [0.25, 0.3) is 0 Å². The predicted molar refractivity (Wildman–Crippen MR) is 110 cm³/mol. The van der Waals surface area contributed by atoms with Gasteiger partial charge in [-0.1, -0.05) is 6.42 Å². The van der Waals surface area contributed by atoms with E-state index in [4.69, 9.17) is 4.74 Å². The number of hydrogen-bond donors (Lipinski definition) is 0. The number of aromatic nitrogens is 1. The van der Waals surface area contributed by atoms with Gasteiger partial charge in [-0.25, -0.2) is 8.42 Å². The summed E-state index contributed by atoms with van der Waals surface area (Å²) in [6, 6.07) is 7.51. The molecule has 3 heterocycles. The zero-order valence-corrected chi connectivity index (χ0v) is 17.3. The van der Waals surface area contributed by atoms with Crippen LogP contribution in [-0.2, 0) is 10.0 Å². The third kappa shape index (κ3) is 3.75. The van der Waals surface area contributed by atoms with Crippen molar-refractivity contribution in [2.24, 2.45) is 0 Å². The van der Waals surface area contributed by atoms with Gasteiger partial charge in [0.2, 0.25) is 10.0 Å². The van der Waals surface area contributed by atoms with E-state index in [-0.39, 0.29) is 0 Å². The molecule has 152 valence electrons. The van der Waals surface area contributed by atoms with Crippen molar-refractivity contribution in [3.63, 3.8) is 0 Å². The van der Waals surface area contributed by atoms with Crippen molar-refractivity contribution in [2.45, 2.75) is 50.0 Å². The first-order chi connectivity index (χ1) is 13.6. The Morgan fingerprint density at radius 2 is 1.82 bits per heavy atom. The van der Waals surface area contributed by atoms with Crippen LogP contribution in [0.4, 0.5) is 0 Å². The van der Waals surface area contributed by atoms with Gasteiger partial charge in [-0.05, 0) is 70.0 Å². The molecule has 2 fully saturated rings. The molecule has 1 aromatic carbocycles. The Morgan fingerprint density at radius 3 is 2.54 bits per heavy atom. The van der Waals surface area contributed by atoms with Gasteiger partial charge in [-0.15, -0.1) is 0 Å². The van der Waals surface area contributed by atoms with Crippen molar-refractivity contribution in [2.75, 3.05) is 32.8 Å². The van der Waals surface area contributed by atoms with E-state index in [1.165, 1.54) is 19.3 Å². The predicted octanol–water partition coefficient (Wildman–Crippen LogP) is 3.27. The molecule has 2 aliphatic heterocycles. The molecule has 0 atom stereocenters. The molecule has 0 saturated carbocycles. The maximum atomic E-state index is 13.4. The molecule has 0 amide bonds. The van der Waals surface area contributed by atoms with Crippen LogP contribution in [-0.4, -0.2) is 61.4 Å². The van der Waals surface area contributed by atoms with Gasteiger partial charge in [0.15, 0.2) is 0 Å². The van der Waals surface area contributed by atoms with E-state index >= 15 is 0 Å². The molecule has 4 rings (SSSR count). The second-order valence-corrected chi connectivity index (χ2v) is 9.53. The highest BCUT2D eigenvalue weighted by Gasteiger charge is 2.33. The van der Waals surface area contributed by atoms with Crippen molar-refractivity contribution >= 4 is 20.9 Å². The van der Waals surface area contributed by atoms with Crippen LogP contribution in [0.15, 0.2) is 35.4 Å². The quantitative estimate of drug-likeness (QED) is 0.767. The molecule has 2 aliphatic rings. The van der Waals surface area contributed by atoms with Gasteiger partial charge < -0.3 is 9.64 Å². The summed E-state index contributed by atoms with van der Waals surface area (Å²) in [6.45, 7) is 5.91. The van der Waals surface area contributed by atoms with E-state index in [1.54, 1.807) is 28.7 Å². The van der Waals surface area contributed by atoms with Crippen molar-refractivity contribution < 1.29 is 13.2 Å². The van der Waals surface area contributed by atoms with Crippen LogP contribution in [0, 0.1) is 0 Å². The molecular weight excluding hydrogens is 374 g/mol. The molecule has 1 aromatic heterocycles. The molecule has 6 nitrogen and oxygen atoms in total. The SMILES string of the molecule is CCOc1ccc(S(=O)(=O)N2CCC(N3CCCCC3)CC2)c2cccnc12. The lowest BCUT2D eigenvalue weighted by Crippen LogP contribution is -2.48. The van der Waals surface area contributed by atoms with Gasteiger partial charge in [-0.2, -0.15) is 4.31 Å². The topological polar surface area (TPSA) is 62.7 Å². The number of likely N-dealkylation sites (tertiary alicyclic amines) is 1. The smallest absolute Gasteiger partial charge is 0.243 e. The molecule has 0 radical (unpaired) electrons. The maximum Gasteiger partial charge on any atom is 0.243 e. The minimum atomic E-state index is -3.56. The Hall–Kier alpha value is -1.70. The van der Waals surface area contributed by atoms with E-state index in [0.29, 0.717) is 47.3 Å². The summed E-state index contributed by atoms with van der Waals surface area (Å²) in [5, 5.41) is 0.631. The fourth-order valence-corrected chi connectivity index (χ4v) is 6.14. The number of rotatable bonds is 5. The fourth-order valence-electron chi connectivity index (χ4n) is 4.49. The van der Waals surface area contributed by atoms with Crippen LogP contribution in [0.2, 0.25) is 0 Å². The number of sulfonamides is 1. The average Bonchev–Trinajstić information content (AvgIpc) is 2.75. The number of benzene rings is 1. The van der Waals surface area contributed by atoms with E-state index in [2.05, 4.69) is 9.88 Å². The molecule has 28 heavy (non-hydrogen) atoms. The zero-order chi connectivity index (χ0) is 19.6. The van der Waals surface area contributed by atoms with E-state index in [9.17, 15) is 8.42 Å². The molecular formula is C21H29N3O3S. The first-order valence-electron chi connectivity index (χ1n) is 10.4. The standard InChI is InChI=1S/C21H29N3O3S/c1-2-27-19-8-9-20(18-7-6-12-22-21(18)19)28(25,26)24-15-10-17(11-16-24)23-13-4-3-5-14-23/h6-9,12,17H,2-5,10-11,13-16H2,1H3. The van der Waals surface area contributed by atoms with E-state index < -0.39 is 10.0 Å². The Morgan fingerprint density at radius 1 is 1.07 bits per heavy atom. The molecule has 0 aliphatic carbocycles. The first-order valence-corrected chi connectivity index (χ1v) is 11.8. The highest BCUT2D eigenvalue weighted by molar-refractivity contribution is 7.89. The second-order valence-electron chi connectivity index (χ2n) is 7.63. The lowest BCUT2D eigenvalue weighted by molar-refractivity contribution is 0.118. The lowest BCUT2D eigenvalue weighted by Gasteiger charge is -2.39. The average molecular weight is 404 g/mol. The summed E-state index contributed by atoms with van der Waals surface area (Å²) in [7, 11) is -3.56. The van der Waals surface area contributed by atoms with Crippen molar-refractivity contribution in [1.82, 2.24) is 14.2 Å². The number of piperidine rings is 2. The van der Waals surface area contributed by atoms with Crippen LogP contribution < -0.4 is 4.74 Å². The summed E-state index contributed by atoms with van der Waals surface area (Å²) in [5.74, 6) is 0.626. The van der Waals surface area contributed by atoms with Gasteiger partial charge in [-0.3, -0.25) is 4.98 Å². The van der Waals surface area contributed by atoms with Gasteiger partial charge >= 0.3 is 0 Å². The summed E-state index contributed by atoms with van der Waals surface area (Å²) in [6.07, 6.45) is 7.35. The van der Waals surface area contributed by atoms with E-state index in [1.807, 2.05) is 13.0 Å². The van der Waals surface area contributed by atoms with Crippen molar-refractivity contribution in [3.8, 4) is 5.75 Å². The monoisotopic (exact) mass is 403 g/mol. The van der Waals surface area contributed by atoms with Crippen LogP contribution in [0.25, 0.3) is 10.9 Å². The van der Waals surface area contributed by atoms with Gasteiger partial charge in [0, 0.05) is 30.7 Å². The first kappa shape index (κ1) is 19.6. The third-order valence-electron chi connectivity index (χ3n) is 5.94. The molecule has 0 spiro atoms. The number of nitrogens with zero attached hydrogens (tertiary/aromatic N) is 3. The summed E-state index contributed by atoms with van der Waals surface area (Å²) in [4.78, 5) is 7.27. The van der Waals surface area contributed by atoms with Gasteiger partial charge in [0.1, 0.15) is 11.3 Å². The zero-order valence-electron chi connectivity index (χ0n) is 16.5. The highest BCUT2D eigenvalue weighted by atomic mass is 32.2. The Labute approximate surface area is 167 Å². The molecule has 0 N–H and O–H groups in total. The second kappa shape index (κ2) is 8.35. The number of hydrogen-bond acceptors (Lipinski definition) is 5. The Bertz CT molecular complexity index is 918. The Kier molecular flexibility index (Phi) is 5.85. The van der Waals surface area contributed by atoms with E-state index in [0.717, 1.165) is 25.9 Å². The fraction of sp³-hybridized carbons (Fsp3) is 0.571. The summed E-state index contributed by atoms with van der Waals surface area (Å²) < 4.78 is 34.1. The molecule has 0 unspecified atom stereocenters. The van der Waals surface area contributed by atoms with Crippen LogP contribution in [0.3, 0.4) is 0 Å². The van der Waals surface area contributed by atoms with Crippen molar-refractivity contribution in [3.05, 3.63) is 30.5 Å². The molecule has 2 aromatic rings. The van der Waals surface area contributed by atoms with Crippen LogP contribution in [0.1, 0.15) is 39.0 Å². The molecule has 7 heteroatoms. The van der Waals surface area contributed by atoms with Crippen LogP contribution in [0.5, 0.6) is 5.75 Å². The normalized spacial score (nSPS) is 20.5. The number of pyridine rings is 1. The number of fused-ring (bicyclic) bond motifs is 1.